The van der Waals surface area contributed by atoms with Crippen LogP contribution in [0.5, 0.6) is 17.2 Å². The zero-order chi connectivity index (χ0) is 26.2. The highest BCUT2D eigenvalue weighted by molar-refractivity contribution is 5.96. The molecule has 3 aromatic carbocycles. The molecule has 4 rings (SSSR count). The van der Waals surface area contributed by atoms with Gasteiger partial charge >= 0.3 is 5.97 Å². The molecule has 0 saturated carbocycles. The molecule has 0 aliphatic carbocycles. The van der Waals surface area contributed by atoms with Crippen molar-refractivity contribution in [1.82, 2.24) is 15.4 Å². The highest BCUT2D eigenvalue weighted by Crippen LogP contribution is 2.28. The van der Waals surface area contributed by atoms with Gasteiger partial charge in [0.05, 0.1) is 37.3 Å². The third kappa shape index (κ3) is 5.96. The first-order chi connectivity index (χ1) is 18.0. The van der Waals surface area contributed by atoms with Crippen LogP contribution in [0.1, 0.15) is 32.0 Å². The third-order valence-corrected chi connectivity index (χ3v) is 5.37. The topological polar surface area (TPSA) is 112 Å². The monoisotopic (exact) mass is 496 g/mol. The van der Waals surface area contributed by atoms with Crippen LogP contribution in [0.25, 0.3) is 11.4 Å². The number of benzene rings is 3. The van der Waals surface area contributed by atoms with E-state index in [4.69, 9.17) is 14.2 Å². The Morgan fingerprint density at radius 1 is 0.892 bits per heavy atom. The molecule has 1 heterocycles. The molecule has 4 aromatic rings. The van der Waals surface area contributed by atoms with Crippen LogP contribution in [0.4, 0.5) is 0 Å². The van der Waals surface area contributed by atoms with E-state index in [1.54, 1.807) is 43.3 Å². The molecule has 9 heteroatoms. The van der Waals surface area contributed by atoms with Gasteiger partial charge in [-0.2, -0.15) is 5.10 Å². The minimum Gasteiger partial charge on any atom is -0.493 e. The molecule has 0 aliphatic rings. The molecule has 0 aliphatic heterocycles. The van der Waals surface area contributed by atoms with Gasteiger partial charge in [-0.25, -0.2) is 20.2 Å². The molecule has 186 valence electrons. The summed E-state index contributed by atoms with van der Waals surface area (Å²) < 4.78 is 16.0. The normalized spacial score (nSPS) is 10.7. The van der Waals surface area contributed by atoms with Gasteiger partial charge in [-0.05, 0) is 37.3 Å². The summed E-state index contributed by atoms with van der Waals surface area (Å²) in [5, 5.41) is 4.02. The number of esters is 1. The molecule has 0 unspecified atom stereocenters. The highest BCUT2D eigenvalue weighted by atomic mass is 16.5. The standard InChI is InChI=1S/C28H24N4O5/c1-18-22(17-29-26(31-18)19-9-5-4-6-10-19)27(33)32-30-16-21-11-7-8-12-23(21)37-28(34)20-13-14-24(35-2)25(15-20)36-3/h4-17H,1-3H3,(H,32,33)/b30-16+. The van der Waals surface area contributed by atoms with Crippen LogP contribution >= 0.6 is 0 Å². The number of hydrazone groups is 1. The van der Waals surface area contributed by atoms with Crippen molar-refractivity contribution in [2.24, 2.45) is 5.10 Å². The Morgan fingerprint density at radius 3 is 2.35 bits per heavy atom. The van der Waals surface area contributed by atoms with Crippen molar-refractivity contribution >= 4 is 18.1 Å². The number of nitrogens with one attached hydrogen (secondary N) is 1. The Kier molecular flexibility index (Phi) is 7.85. The molecule has 0 radical (unpaired) electrons. The molecule has 0 saturated heterocycles. The van der Waals surface area contributed by atoms with E-state index < -0.39 is 11.9 Å². The lowest BCUT2D eigenvalue weighted by molar-refractivity contribution is 0.0733. The number of aryl methyl sites for hydroxylation is 1. The van der Waals surface area contributed by atoms with E-state index in [1.807, 2.05) is 30.3 Å². The fraction of sp³-hybridized carbons (Fsp3) is 0.107. The van der Waals surface area contributed by atoms with Gasteiger partial charge in [0.25, 0.3) is 5.91 Å². The summed E-state index contributed by atoms with van der Waals surface area (Å²) in [6.07, 6.45) is 2.86. The summed E-state index contributed by atoms with van der Waals surface area (Å²) in [7, 11) is 3.00. The lowest BCUT2D eigenvalue weighted by atomic mass is 10.2. The van der Waals surface area contributed by atoms with E-state index in [-0.39, 0.29) is 11.3 Å². The van der Waals surface area contributed by atoms with Crippen molar-refractivity contribution in [1.29, 1.82) is 0 Å². The van der Waals surface area contributed by atoms with E-state index in [9.17, 15) is 9.59 Å². The molecule has 0 atom stereocenters. The summed E-state index contributed by atoms with van der Waals surface area (Å²) in [4.78, 5) is 34.1. The van der Waals surface area contributed by atoms with Gasteiger partial charge in [0, 0.05) is 17.3 Å². The van der Waals surface area contributed by atoms with Crippen LogP contribution in [-0.2, 0) is 0 Å². The fourth-order valence-electron chi connectivity index (χ4n) is 3.44. The molecule has 1 N–H and O–H groups in total. The first kappa shape index (κ1) is 25.1. The van der Waals surface area contributed by atoms with Crippen molar-refractivity contribution < 1.29 is 23.8 Å². The lowest BCUT2D eigenvalue weighted by Gasteiger charge is -2.10. The van der Waals surface area contributed by atoms with Crippen LogP contribution < -0.4 is 19.6 Å². The number of aromatic nitrogens is 2. The maximum absolute atomic E-state index is 12.7. The van der Waals surface area contributed by atoms with Crippen molar-refractivity contribution in [3.05, 3.63) is 101 Å². The smallest absolute Gasteiger partial charge is 0.343 e. The number of hydrogen-bond donors (Lipinski definition) is 1. The Morgan fingerprint density at radius 2 is 1.62 bits per heavy atom. The molecule has 1 aromatic heterocycles. The van der Waals surface area contributed by atoms with Crippen LogP contribution in [0, 0.1) is 6.92 Å². The molecule has 1 amide bonds. The van der Waals surface area contributed by atoms with Gasteiger partial charge in [0.1, 0.15) is 5.75 Å². The number of rotatable bonds is 8. The number of nitrogens with zero attached hydrogens (tertiary/aromatic N) is 3. The van der Waals surface area contributed by atoms with E-state index in [0.717, 1.165) is 5.56 Å². The van der Waals surface area contributed by atoms with Crippen LogP contribution in [0.2, 0.25) is 0 Å². The number of ether oxygens (including phenoxy) is 3. The molecule has 9 nitrogen and oxygen atoms in total. The van der Waals surface area contributed by atoms with Crippen LogP contribution in [0.15, 0.2) is 84.1 Å². The molecule has 0 fully saturated rings. The van der Waals surface area contributed by atoms with Gasteiger partial charge in [-0.1, -0.05) is 42.5 Å². The van der Waals surface area contributed by atoms with Gasteiger partial charge in [-0.3, -0.25) is 4.79 Å². The molecule has 0 spiro atoms. The summed E-state index contributed by atoms with van der Waals surface area (Å²) in [6.45, 7) is 1.73. The average molecular weight is 497 g/mol. The Hall–Kier alpha value is -5.05. The van der Waals surface area contributed by atoms with Crippen LogP contribution in [0.3, 0.4) is 0 Å². The number of carbonyl (C=O) groups is 2. The summed E-state index contributed by atoms with van der Waals surface area (Å²) in [6, 6.07) is 21.0. The lowest BCUT2D eigenvalue weighted by Crippen LogP contribution is -2.20. The number of para-hydroxylation sites is 1. The first-order valence-corrected chi connectivity index (χ1v) is 11.3. The number of methoxy groups -OCH3 is 2. The highest BCUT2D eigenvalue weighted by Gasteiger charge is 2.15. The van der Waals surface area contributed by atoms with Crippen molar-refractivity contribution in [3.8, 4) is 28.6 Å². The predicted octanol–water partition coefficient (Wildman–Crippen LogP) is 4.45. The van der Waals surface area contributed by atoms with Crippen LogP contribution in [-0.4, -0.2) is 42.3 Å². The zero-order valence-electron chi connectivity index (χ0n) is 20.5. The Bertz CT molecular complexity index is 1450. The summed E-state index contributed by atoms with van der Waals surface area (Å²) >= 11 is 0. The van der Waals surface area contributed by atoms with E-state index in [2.05, 4.69) is 20.5 Å². The maximum Gasteiger partial charge on any atom is 0.343 e. The first-order valence-electron chi connectivity index (χ1n) is 11.3. The van der Waals surface area contributed by atoms with Crippen molar-refractivity contribution in [2.75, 3.05) is 14.2 Å². The van der Waals surface area contributed by atoms with Crippen molar-refractivity contribution in [3.63, 3.8) is 0 Å². The summed E-state index contributed by atoms with van der Waals surface area (Å²) in [5.74, 6) is 0.656. The van der Waals surface area contributed by atoms with E-state index in [1.165, 1.54) is 32.7 Å². The molecular formula is C28H24N4O5. The molecular weight excluding hydrogens is 472 g/mol. The third-order valence-electron chi connectivity index (χ3n) is 5.37. The number of carbonyl (C=O) groups excluding carboxylic acids is 2. The minimum absolute atomic E-state index is 0.270. The second-order valence-corrected chi connectivity index (χ2v) is 7.75. The second kappa shape index (κ2) is 11.6. The Labute approximate surface area is 213 Å². The predicted molar refractivity (Wildman–Crippen MR) is 138 cm³/mol. The SMILES string of the molecule is COc1ccc(C(=O)Oc2ccccc2/C=N/NC(=O)c2cnc(-c3ccccc3)nc2C)cc1OC. The maximum atomic E-state index is 12.7. The van der Waals surface area contributed by atoms with E-state index >= 15 is 0 Å². The zero-order valence-corrected chi connectivity index (χ0v) is 20.5. The average Bonchev–Trinajstić information content (AvgIpc) is 2.93. The quantitative estimate of drug-likeness (QED) is 0.166. The van der Waals surface area contributed by atoms with Gasteiger partial charge < -0.3 is 14.2 Å². The molecule has 0 bridgehead atoms. The van der Waals surface area contributed by atoms with Crippen molar-refractivity contribution in [2.45, 2.75) is 6.92 Å². The largest absolute Gasteiger partial charge is 0.493 e. The second-order valence-electron chi connectivity index (χ2n) is 7.75. The number of amides is 1. The van der Waals surface area contributed by atoms with Gasteiger partial charge in [0.15, 0.2) is 17.3 Å². The molecule has 37 heavy (non-hydrogen) atoms. The van der Waals surface area contributed by atoms with Gasteiger partial charge in [-0.15, -0.1) is 0 Å². The Balaban J connectivity index is 1.45. The fourth-order valence-corrected chi connectivity index (χ4v) is 3.44. The number of hydrogen-bond acceptors (Lipinski definition) is 8. The van der Waals surface area contributed by atoms with E-state index in [0.29, 0.717) is 34.1 Å². The minimum atomic E-state index is -0.586. The summed E-state index contributed by atoms with van der Waals surface area (Å²) in [5.41, 5.74) is 4.91. The van der Waals surface area contributed by atoms with Gasteiger partial charge in [0.2, 0.25) is 0 Å².